The molecule has 3 rings (SSSR count). The highest BCUT2D eigenvalue weighted by Crippen LogP contribution is 2.19. The zero-order chi connectivity index (χ0) is 24.3. The van der Waals surface area contributed by atoms with Crippen LogP contribution in [0.25, 0.3) is 6.08 Å². The van der Waals surface area contributed by atoms with Gasteiger partial charge < -0.3 is 15.2 Å². The molecule has 2 aromatic carbocycles. The van der Waals surface area contributed by atoms with Gasteiger partial charge in [-0.3, -0.25) is 9.59 Å². The van der Waals surface area contributed by atoms with Crippen LogP contribution in [0.4, 0.5) is 5.69 Å². The van der Waals surface area contributed by atoms with Crippen molar-refractivity contribution in [2.24, 2.45) is 0 Å². The third-order valence-corrected chi connectivity index (χ3v) is 6.13. The summed E-state index contributed by atoms with van der Waals surface area (Å²) < 4.78 is 1.82. The minimum Gasteiger partial charge on any atom is -0.345 e. The topological polar surface area (TPSA) is 88.9 Å². The average molecular weight is 496 g/mol. The van der Waals surface area contributed by atoms with Crippen molar-refractivity contribution >= 4 is 46.9 Å². The van der Waals surface area contributed by atoms with Crippen molar-refractivity contribution in [3.8, 4) is 0 Å². The number of aromatic nitrogens is 3. The molecule has 3 aromatic rings. The normalized spacial score (nSPS) is 10.9. The van der Waals surface area contributed by atoms with E-state index in [-0.39, 0.29) is 24.1 Å². The Morgan fingerprint density at radius 3 is 2.62 bits per heavy atom. The van der Waals surface area contributed by atoms with E-state index in [1.807, 2.05) is 47.0 Å². The third-order valence-electron chi connectivity index (χ3n) is 4.82. The lowest BCUT2D eigenvalue weighted by atomic mass is 10.1. The van der Waals surface area contributed by atoms with Crippen molar-refractivity contribution in [2.45, 2.75) is 31.6 Å². The molecule has 2 N–H and O–H groups in total. The van der Waals surface area contributed by atoms with Gasteiger partial charge in [-0.2, -0.15) is 0 Å². The van der Waals surface area contributed by atoms with Gasteiger partial charge in [-0.05, 0) is 41.8 Å². The molecule has 34 heavy (non-hydrogen) atoms. The first-order valence-electron chi connectivity index (χ1n) is 10.7. The number of carbonyl (C=O) groups is 2. The van der Waals surface area contributed by atoms with E-state index >= 15 is 0 Å². The van der Waals surface area contributed by atoms with Gasteiger partial charge in [-0.15, -0.1) is 16.8 Å². The van der Waals surface area contributed by atoms with Gasteiger partial charge >= 0.3 is 0 Å². The number of rotatable bonds is 11. The van der Waals surface area contributed by atoms with Crippen molar-refractivity contribution in [1.82, 2.24) is 20.1 Å². The lowest BCUT2D eigenvalue weighted by Crippen LogP contribution is -2.23. The molecule has 0 radical (unpaired) electrons. The first-order chi connectivity index (χ1) is 16.5. The highest BCUT2D eigenvalue weighted by atomic mass is 35.5. The van der Waals surface area contributed by atoms with Gasteiger partial charge in [0.2, 0.25) is 11.8 Å². The molecule has 0 atom stereocenters. The van der Waals surface area contributed by atoms with Crippen molar-refractivity contribution in [2.75, 3.05) is 11.1 Å². The minimum absolute atomic E-state index is 0.137. The van der Waals surface area contributed by atoms with Gasteiger partial charge in [0, 0.05) is 23.3 Å². The lowest BCUT2D eigenvalue weighted by molar-refractivity contribution is -0.116. The average Bonchev–Trinajstić information content (AvgIpc) is 3.23. The fraction of sp³-hybridized carbons (Fsp3) is 0.200. The van der Waals surface area contributed by atoms with Crippen molar-refractivity contribution in [3.63, 3.8) is 0 Å². The van der Waals surface area contributed by atoms with Gasteiger partial charge in [-0.1, -0.05) is 66.7 Å². The second-order valence-electron chi connectivity index (χ2n) is 7.26. The fourth-order valence-corrected chi connectivity index (χ4v) is 3.99. The Morgan fingerprint density at radius 2 is 1.91 bits per heavy atom. The molecule has 0 fully saturated rings. The van der Waals surface area contributed by atoms with Crippen LogP contribution in [0.15, 0.2) is 72.4 Å². The van der Waals surface area contributed by atoms with Crippen LogP contribution in [0, 0.1) is 0 Å². The molecule has 0 spiro atoms. The van der Waals surface area contributed by atoms with E-state index in [0.29, 0.717) is 22.5 Å². The van der Waals surface area contributed by atoms with E-state index in [1.165, 1.54) is 23.4 Å². The van der Waals surface area contributed by atoms with E-state index in [1.54, 1.807) is 18.2 Å². The molecule has 2 amide bonds. The van der Waals surface area contributed by atoms with Crippen LogP contribution in [-0.2, 0) is 29.1 Å². The Hall–Kier alpha value is -3.36. The van der Waals surface area contributed by atoms with Crippen LogP contribution in [0.3, 0.4) is 0 Å². The Kier molecular flexibility index (Phi) is 9.49. The molecule has 0 aliphatic rings. The highest BCUT2D eigenvalue weighted by molar-refractivity contribution is 7.99. The molecule has 0 bridgehead atoms. The number of anilines is 1. The number of benzene rings is 2. The van der Waals surface area contributed by atoms with Crippen LogP contribution < -0.4 is 10.6 Å². The van der Waals surface area contributed by atoms with Gasteiger partial charge in [0.25, 0.3) is 0 Å². The highest BCUT2D eigenvalue weighted by Gasteiger charge is 2.14. The summed E-state index contributed by atoms with van der Waals surface area (Å²) in [5, 5.41) is 15.2. The summed E-state index contributed by atoms with van der Waals surface area (Å²) in [6.45, 7) is 6.50. The largest absolute Gasteiger partial charge is 0.345 e. The molecule has 0 saturated heterocycles. The maximum Gasteiger partial charge on any atom is 0.244 e. The molecule has 7 nitrogen and oxygen atoms in total. The summed E-state index contributed by atoms with van der Waals surface area (Å²) in [6, 6.07) is 15.0. The van der Waals surface area contributed by atoms with Gasteiger partial charge in [0.1, 0.15) is 0 Å². The zero-order valence-corrected chi connectivity index (χ0v) is 20.4. The number of allylic oxidation sites excluding steroid dienone is 1. The molecular formula is C25H26ClN5O2S. The molecule has 176 valence electrons. The number of thioether (sulfide) groups is 1. The summed E-state index contributed by atoms with van der Waals surface area (Å²) in [5.74, 6) is 0.327. The summed E-state index contributed by atoms with van der Waals surface area (Å²) in [4.78, 5) is 24.6. The fourth-order valence-electron chi connectivity index (χ4n) is 3.02. The Balaban J connectivity index is 1.55. The van der Waals surface area contributed by atoms with Crippen molar-refractivity contribution in [3.05, 3.63) is 89.2 Å². The number of hydrogen-bond donors (Lipinski definition) is 2. The van der Waals surface area contributed by atoms with E-state index < -0.39 is 0 Å². The third kappa shape index (κ3) is 7.33. The Bertz CT molecular complexity index is 1170. The zero-order valence-electron chi connectivity index (χ0n) is 18.8. The molecule has 0 aliphatic carbocycles. The van der Waals surface area contributed by atoms with Crippen LogP contribution in [-0.4, -0.2) is 32.3 Å². The van der Waals surface area contributed by atoms with E-state index in [2.05, 4.69) is 34.3 Å². The van der Waals surface area contributed by atoms with Crippen LogP contribution >= 0.6 is 23.4 Å². The minimum atomic E-state index is -0.282. The number of carbonyl (C=O) groups excluding carboxylic acids is 2. The Morgan fingerprint density at radius 1 is 1.15 bits per heavy atom. The lowest BCUT2D eigenvalue weighted by Gasteiger charge is -2.09. The molecule has 0 aliphatic heterocycles. The predicted molar refractivity (Wildman–Crippen MR) is 138 cm³/mol. The van der Waals surface area contributed by atoms with Gasteiger partial charge in [-0.25, -0.2) is 0 Å². The standard InChI is InChI=1S/C25H26ClN5O2S/c1-3-15-31-22(16-27-23(32)14-11-19-7-5-6-8-21(19)26)29-30-25(31)34-17-24(33)28-20-12-9-18(4-2)10-13-20/h3,5-14H,1,4,15-17H2,2H3,(H,27,32)(H,28,33)/b14-11+. The van der Waals surface area contributed by atoms with E-state index in [9.17, 15) is 9.59 Å². The number of halogens is 1. The molecular weight excluding hydrogens is 470 g/mol. The predicted octanol–water partition coefficient (Wildman–Crippen LogP) is 4.74. The SMILES string of the molecule is C=CCn1c(CNC(=O)/C=C/c2ccccc2Cl)nnc1SCC(=O)Nc1ccc(CC)cc1. The van der Waals surface area contributed by atoms with E-state index in [0.717, 1.165) is 17.7 Å². The molecule has 0 unspecified atom stereocenters. The number of hydrogen-bond acceptors (Lipinski definition) is 5. The second kappa shape index (κ2) is 12.8. The number of nitrogens with one attached hydrogen (secondary N) is 2. The monoisotopic (exact) mass is 495 g/mol. The number of amides is 2. The van der Waals surface area contributed by atoms with E-state index in [4.69, 9.17) is 11.6 Å². The summed E-state index contributed by atoms with van der Waals surface area (Å²) >= 11 is 7.38. The number of aryl methyl sites for hydroxylation is 1. The quantitative estimate of drug-likeness (QED) is 0.228. The van der Waals surface area contributed by atoms with Gasteiger partial charge in [0.05, 0.1) is 12.3 Å². The second-order valence-corrected chi connectivity index (χ2v) is 8.61. The van der Waals surface area contributed by atoms with Gasteiger partial charge in [0.15, 0.2) is 11.0 Å². The molecule has 1 aromatic heterocycles. The van der Waals surface area contributed by atoms with Crippen LogP contribution in [0.5, 0.6) is 0 Å². The number of nitrogens with zero attached hydrogens (tertiary/aromatic N) is 3. The summed E-state index contributed by atoms with van der Waals surface area (Å²) in [6.07, 6.45) is 5.74. The maximum atomic E-state index is 12.4. The maximum absolute atomic E-state index is 12.4. The summed E-state index contributed by atoms with van der Waals surface area (Å²) in [5.41, 5.74) is 2.72. The van der Waals surface area contributed by atoms with Crippen LogP contribution in [0.1, 0.15) is 23.9 Å². The van der Waals surface area contributed by atoms with Crippen molar-refractivity contribution < 1.29 is 9.59 Å². The Labute approximate surface area is 208 Å². The first-order valence-corrected chi connectivity index (χ1v) is 12.1. The molecule has 1 heterocycles. The smallest absolute Gasteiger partial charge is 0.244 e. The van der Waals surface area contributed by atoms with Crippen molar-refractivity contribution in [1.29, 1.82) is 0 Å². The molecule has 0 saturated carbocycles. The van der Waals surface area contributed by atoms with Crippen LogP contribution in [0.2, 0.25) is 5.02 Å². The summed E-state index contributed by atoms with van der Waals surface area (Å²) in [7, 11) is 0. The first kappa shape index (κ1) is 25.3. The molecule has 9 heteroatoms.